The van der Waals surface area contributed by atoms with Crippen LogP contribution in [0.2, 0.25) is 0 Å². The average molecular weight is 284 g/mol. The van der Waals surface area contributed by atoms with Crippen LogP contribution in [0, 0.1) is 0 Å². The van der Waals surface area contributed by atoms with Gasteiger partial charge in [0, 0.05) is 25.5 Å². The molecule has 0 saturated carbocycles. The van der Waals surface area contributed by atoms with Crippen molar-refractivity contribution < 1.29 is 9.59 Å². The minimum atomic E-state index is -0.305. The fraction of sp³-hybridized carbons (Fsp3) is 0.200. The number of hydrogen-bond acceptors (Lipinski definition) is 4. The second kappa shape index (κ2) is 7.74. The third kappa shape index (κ3) is 5.02. The predicted molar refractivity (Wildman–Crippen MR) is 77.5 cm³/mol. The van der Waals surface area contributed by atoms with Gasteiger partial charge < -0.3 is 10.6 Å². The van der Waals surface area contributed by atoms with Crippen molar-refractivity contribution in [1.29, 1.82) is 0 Å². The van der Waals surface area contributed by atoms with E-state index in [0.717, 1.165) is 5.56 Å². The molecule has 108 valence electrons. The van der Waals surface area contributed by atoms with Gasteiger partial charge in [-0.2, -0.15) is 0 Å². The van der Waals surface area contributed by atoms with Gasteiger partial charge in [-0.3, -0.25) is 14.6 Å². The fourth-order valence-corrected chi connectivity index (χ4v) is 1.73. The molecule has 0 spiro atoms. The lowest BCUT2D eigenvalue weighted by Crippen LogP contribution is -2.35. The molecule has 0 saturated heterocycles. The summed E-state index contributed by atoms with van der Waals surface area (Å²) < 4.78 is 0. The molecule has 0 aliphatic rings. The van der Waals surface area contributed by atoms with E-state index >= 15 is 0 Å². The van der Waals surface area contributed by atoms with Gasteiger partial charge in [-0.25, -0.2) is 4.98 Å². The predicted octanol–water partition coefficient (Wildman–Crippen LogP) is 0.565. The molecule has 2 amide bonds. The molecule has 1 heterocycles. The van der Waals surface area contributed by atoms with Crippen LogP contribution in [0.3, 0.4) is 0 Å². The molecular weight excluding hydrogens is 268 g/mol. The summed E-state index contributed by atoms with van der Waals surface area (Å²) in [5.74, 6) is -0.379. The maximum atomic E-state index is 11.7. The molecule has 2 rings (SSSR count). The summed E-state index contributed by atoms with van der Waals surface area (Å²) in [5, 5.41) is 5.41. The molecule has 2 aromatic rings. The topological polar surface area (TPSA) is 84.0 Å². The first-order chi connectivity index (χ1) is 10.3. The summed E-state index contributed by atoms with van der Waals surface area (Å²) in [6, 6.07) is 9.49. The van der Waals surface area contributed by atoms with Gasteiger partial charge in [-0.1, -0.05) is 30.3 Å². The third-order valence-corrected chi connectivity index (χ3v) is 2.74. The van der Waals surface area contributed by atoms with Crippen molar-refractivity contribution in [2.24, 2.45) is 0 Å². The Morgan fingerprint density at radius 3 is 2.48 bits per heavy atom. The molecule has 0 radical (unpaired) electrons. The van der Waals surface area contributed by atoms with Gasteiger partial charge >= 0.3 is 0 Å². The minimum absolute atomic E-state index is 0.0741. The summed E-state index contributed by atoms with van der Waals surface area (Å²) in [6.45, 7) is 0.716. The molecule has 0 atom stereocenters. The Bertz CT molecular complexity index is 587. The lowest BCUT2D eigenvalue weighted by atomic mass is 10.1. The number of carbonyl (C=O) groups is 2. The van der Waals surface area contributed by atoms with Crippen LogP contribution in [-0.4, -0.2) is 34.9 Å². The largest absolute Gasteiger partial charge is 0.354 e. The second-order valence-corrected chi connectivity index (χ2v) is 4.36. The van der Waals surface area contributed by atoms with Gasteiger partial charge in [0.05, 0.1) is 12.6 Å². The molecule has 2 N–H and O–H groups in total. The highest BCUT2D eigenvalue weighted by molar-refractivity contribution is 5.91. The van der Waals surface area contributed by atoms with Crippen LogP contribution in [0.15, 0.2) is 48.9 Å². The van der Waals surface area contributed by atoms with Gasteiger partial charge in [0.1, 0.15) is 5.69 Å². The first-order valence-electron chi connectivity index (χ1n) is 6.60. The van der Waals surface area contributed by atoms with Crippen LogP contribution in [-0.2, 0) is 11.2 Å². The lowest BCUT2D eigenvalue weighted by Gasteiger charge is -2.06. The van der Waals surface area contributed by atoms with Gasteiger partial charge in [0.15, 0.2) is 0 Å². The smallest absolute Gasteiger partial charge is 0.271 e. The number of hydrogen-bond donors (Lipinski definition) is 2. The number of nitrogens with zero attached hydrogens (tertiary/aromatic N) is 2. The lowest BCUT2D eigenvalue weighted by molar-refractivity contribution is -0.120. The molecule has 0 aliphatic carbocycles. The van der Waals surface area contributed by atoms with Gasteiger partial charge in [-0.15, -0.1) is 0 Å². The molecule has 0 unspecified atom stereocenters. The zero-order valence-electron chi connectivity index (χ0n) is 11.5. The van der Waals surface area contributed by atoms with Crippen molar-refractivity contribution >= 4 is 11.8 Å². The van der Waals surface area contributed by atoms with Crippen LogP contribution in [0.1, 0.15) is 16.1 Å². The molecule has 6 heteroatoms. The maximum absolute atomic E-state index is 11.7. The Labute approximate surface area is 122 Å². The van der Waals surface area contributed by atoms with Crippen LogP contribution in [0.25, 0.3) is 0 Å². The number of nitrogens with one attached hydrogen (secondary N) is 2. The highest BCUT2D eigenvalue weighted by atomic mass is 16.2. The van der Waals surface area contributed by atoms with E-state index in [1.807, 2.05) is 30.3 Å². The fourth-order valence-electron chi connectivity index (χ4n) is 1.73. The van der Waals surface area contributed by atoms with Crippen molar-refractivity contribution in [3.63, 3.8) is 0 Å². The van der Waals surface area contributed by atoms with Crippen molar-refractivity contribution in [1.82, 2.24) is 20.6 Å². The zero-order chi connectivity index (χ0) is 14.9. The monoisotopic (exact) mass is 284 g/mol. The van der Waals surface area contributed by atoms with Crippen LogP contribution < -0.4 is 10.6 Å². The highest BCUT2D eigenvalue weighted by Crippen LogP contribution is 1.98. The van der Waals surface area contributed by atoms with E-state index in [4.69, 9.17) is 0 Å². The Hall–Kier alpha value is -2.76. The normalized spacial score (nSPS) is 9.90. The van der Waals surface area contributed by atoms with Crippen molar-refractivity contribution in [3.8, 4) is 0 Å². The van der Waals surface area contributed by atoms with Crippen molar-refractivity contribution in [3.05, 3.63) is 60.2 Å². The van der Waals surface area contributed by atoms with Crippen molar-refractivity contribution in [2.75, 3.05) is 13.1 Å². The number of benzene rings is 1. The summed E-state index contributed by atoms with van der Waals surface area (Å²) in [5.41, 5.74) is 1.21. The number of amides is 2. The summed E-state index contributed by atoms with van der Waals surface area (Å²) in [7, 11) is 0. The van der Waals surface area contributed by atoms with E-state index in [1.165, 1.54) is 18.6 Å². The first kappa shape index (κ1) is 14.6. The molecular formula is C15H16N4O2. The van der Waals surface area contributed by atoms with E-state index in [2.05, 4.69) is 20.6 Å². The van der Waals surface area contributed by atoms with Gasteiger partial charge in [0.2, 0.25) is 5.91 Å². The standard InChI is InChI=1S/C15H16N4O2/c20-14(10-12-4-2-1-3-5-12)18-8-9-19-15(21)13-11-16-6-7-17-13/h1-7,11H,8-10H2,(H,18,20)(H,19,21). The first-order valence-corrected chi connectivity index (χ1v) is 6.60. The van der Waals surface area contributed by atoms with E-state index in [-0.39, 0.29) is 17.5 Å². The second-order valence-electron chi connectivity index (χ2n) is 4.36. The minimum Gasteiger partial charge on any atom is -0.354 e. The Kier molecular flexibility index (Phi) is 5.40. The molecule has 0 bridgehead atoms. The molecule has 21 heavy (non-hydrogen) atoms. The molecule has 0 aliphatic heterocycles. The SMILES string of the molecule is O=C(Cc1ccccc1)NCCNC(=O)c1cnccn1. The molecule has 1 aromatic carbocycles. The summed E-state index contributed by atoms with van der Waals surface area (Å²) >= 11 is 0. The van der Waals surface area contributed by atoms with Crippen LogP contribution in [0.4, 0.5) is 0 Å². The van der Waals surface area contributed by atoms with E-state index in [0.29, 0.717) is 19.5 Å². The zero-order valence-corrected chi connectivity index (χ0v) is 11.5. The molecule has 6 nitrogen and oxygen atoms in total. The number of carbonyl (C=O) groups excluding carboxylic acids is 2. The van der Waals surface area contributed by atoms with Crippen LogP contribution in [0.5, 0.6) is 0 Å². The quantitative estimate of drug-likeness (QED) is 0.759. The van der Waals surface area contributed by atoms with E-state index in [1.54, 1.807) is 0 Å². The third-order valence-electron chi connectivity index (χ3n) is 2.74. The Morgan fingerprint density at radius 2 is 1.76 bits per heavy atom. The highest BCUT2D eigenvalue weighted by Gasteiger charge is 2.06. The van der Waals surface area contributed by atoms with Gasteiger partial charge in [-0.05, 0) is 5.56 Å². The van der Waals surface area contributed by atoms with E-state index < -0.39 is 0 Å². The number of aromatic nitrogens is 2. The van der Waals surface area contributed by atoms with Crippen LogP contribution >= 0.6 is 0 Å². The number of rotatable bonds is 6. The Morgan fingerprint density at radius 1 is 1.00 bits per heavy atom. The maximum Gasteiger partial charge on any atom is 0.271 e. The van der Waals surface area contributed by atoms with Gasteiger partial charge in [0.25, 0.3) is 5.91 Å². The van der Waals surface area contributed by atoms with Crippen molar-refractivity contribution in [2.45, 2.75) is 6.42 Å². The molecule has 0 fully saturated rings. The van der Waals surface area contributed by atoms with E-state index in [9.17, 15) is 9.59 Å². The summed E-state index contributed by atoms with van der Waals surface area (Å²) in [4.78, 5) is 31.0. The molecule has 1 aromatic heterocycles. The Balaban J connectivity index is 1.66. The average Bonchev–Trinajstić information content (AvgIpc) is 2.53. The summed E-state index contributed by atoms with van der Waals surface area (Å²) in [6.07, 6.45) is 4.68.